The molecule has 0 fully saturated rings. The summed E-state index contributed by atoms with van der Waals surface area (Å²) in [6.45, 7) is 2.82. The van der Waals surface area contributed by atoms with Crippen molar-refractivity contribution in [1.29, 1.82) is 0 Å². The summed E-state index contributed by atoms with van der Waals surface area (Å²) in [5.74, 6) is 0.901. The molecule has 0 saturated carbocycles. The molecule has 3 aromatic carbocycles. The maximum absolute atomic E-state index is 12.8. The Morgan fingerprint density at radius 2 is 1.68 bits per heavy atom. The van der Waals surface area contributed by atoms with E-state index in [-0.39, 0.29) is 30.0 Å². The Morgan fingerprint density at radius 1 is 0.947 bits per heavy atom. The summed E-state index contributed by atoms with van der Waals surface area (Å²) in [4.78, 5) is 34.0. The summed E-state index contributed by atoms with van der Waals surface area (Å²) in [6, 6.07) is 24.0. The van der Waals surface area contributed by atoms with E-state index in [1.54, 1.807) is 36.7 Å². The Bertz CT molecular complexity index is 1350. The van der Waals surface area contributed by atoms with Crippen LogP contribution in [0.4, 0.5) is 5.69 Å². The SMILES string of the molecule is CCCOc1ccc(NC(=O)CC(S)c2ccccc2)cc1CNC(=O)c1ccc(-c2ncccn2)cc1. The van der Waals surface area contributed by atoms with E-state index in [2.05, 4.69) is 33.2 Å². The van der Waals surface area contributed by atoms with E-state index < -0.39 is 0 Å². The molecule has 2 amide bonds. The lowest BCUT2D eigenvalue weighted by atomic mass is 10.1. The smallest absolute Gasteiger partial charge is 0.251 e. The van der Waals surface area contributed by atoms with Crippen molar-refractivity contribution < 1.29 is 14.3 Å². The minimum Gasteiger partial charge on any atom is -0.493 e. The number of ether oxygens (including phenoxy) is 1. The number of aromatic nitrogens is 2. The number of carbonyl (C=O) groups is 2. The Hall–Kier alpha value is -4.17. The zero-order chi connectivity index (χ0) is 26.7. The summed E-state index contributed by atoms with van der Waals surface area (Å²) in [6.07, 6.45) is 4.44. The van der Waals surface area contributed by atoms with E-state index in [1.165, 1.54) is 0 Å². The normalized spacial score (nSPS) is 11.4. The highest BCUT2D eigenvalue weighted by Crippen LogP contribution is 2.26. The molecule has 0 spiro atoms. The Morgan fingerprint density at radius 3 is 2.39 bits per heavy atom. The molecule has 0 aliphatic rings. The number of anilines is 1. The number of amides is 2. The number of carbonyl (C=O) groups excluding carboxylic acids is 2. The zero-order valence-corrected chi connectivity index (χ0v) is 22.0. The van der Waals surface area contributed by atoms with Gasteiger partial charge in [0.2, 0.25) is 5.91 Å². The lowest BCUT2D eigenvalue weighted by molar-refractivity contribution is -0.116. The second-order valence-electron chi connectivity index (χ2n) is 8.68. The third-order valence-corrected chi connectivity index (χ3v) is 6.26. The van der Waals surface area contributed by atoms with Gasteiger partial charge in [-0.25, -0.2) is 9.97 Å². The molecule has 8 heteroatoms. The van der Waals surface area contributed by atoms with Crippen LogP contribution in [-0.4, -0.2) is 28.4 Å². The first kappa shape index (κ1) is 26.9. The van der Waals surface area contributed by atoms with Crippen molar-refractivity contribution in [2.45, 2.75) is 31.6 Å². The third kappa shape index (κ3) is 7.43. The van der Waals surface area contributed by atoms with E-state index in [4.69, 9.17) is 4.74 Å². The van der Waals surface area contributed by atoms with Gasteiger partial charge in [-0.2, -0.15) is 12.6 Å². The first-order valence-corrected chi connectivity index (χ1v) is 13.0. The van der Waals surface area contributed by atoms with Gasteiger partial charge in [0.05, 0.1) is 6.61 Å². The standard InChI is InChI=1S/C30H30N4O3S/c1-2-17-37-26-14-13-25(34-28(35)19-27(38)21-7-4-3-5-8-21)18-24(26)20-33-30(36)23-11-9-22(10-12-23)29-31-15-6-16-32-29/h3-16,18,27,38H,2,17,19-20H2,1H3,(H,33,36)(H,34,35). The van der Waals surface area contributed by atoms with Crippen LogP contribution in [0.2, 0.25) is 0 Å². The van der Waals surface area contributed by atoms with Crippen LogP contribution in [0.15, 0.2) is 91.3 Å². The number of hydrogen-bond donors (Lipinski definition) is 3. The quantitative estimate of drug-likeness (QED) is 0.213. The van der Waals surface area contributed by atoms with Crippen molar-refractivity contribution in [3.05, 3.63) is 108 Å². The summed E-state index contributed by atoms with van der Waals surface area (Å²) < 4.78 is 5.88. The number of benzene rings is 3. The van der Waals surface area contributed by atoms with Gasteiger partial charge in [-0.15, -0.1) is 0 Å². The third-order valence-electron chi connectivity index (χ3n) is 5.78. The minimum absolute atomic E-state index is 0.145. The fourth-order valence-corrected chi connectivity index (χ4v) is 4.16. The van der Waals surface area contributed by atoms with Crippen molar-refractivity contribution >= 4 is 30.1 Å². The van der Waals surface area contributed by atoms with E-state index in [9.17, 15) is 9.59 Å². The van der Waals surface area contributed by atoms with Crippen molar-refractivity contribution in [3.63, 3.8) is 0 Å². The molecule has 0 aliphatic carbocycles. The molecule has 4 aromatic rings. The Kier molecular flexibility index (Phi) is 9.48. The molecule has 194 valence electrons. The van der Waals surface area contributed by atoms with Crippen LogP contribution >= 0.6 is 12.6 Å². The second kappa shape index (κ2) is 13.4. The molecule has 0 aliphatic heterocycles. The van der Waals surface area contributed by atoms with E-state index in [1.807, 2.05) is 61.5 Å². The molecule has 1 heterocycles. The van der Waals surface area contributed by atoms with Gasteiger partial charge in [0.25, 0.3) is 5.91 Å². The van der Waals surface area contributed by atoms with Crippen LogP contribution < -0.4 is 15.4 Å². The number of nitrogens with zero attached hydrogens (tertiary/aromatic N) is 2. The molecule has 2 N–H and O–H groups in total. The van der Waals surface area contributed by atoms with Gasteiger partial charge in [0.1, 0.15) is 5.75 Å². The van der Waals surface area contributed by atoms with Crippen LogP contribution in [0.5, 0.6) is 5.75 Å². The predicted molar refractivity (Wildman–Crippen MR) is 152 cm³/mol. The van der Waals surface area contributed by atoms with Gasteiger partial charge in [-0.3, -0.25) is 9.59 Å². The van der Waals surface area contributed by atoms with Gasteiger partial charge >= 0.3 is 0 Å². The molecule has 1 unspecified atom stereocenters. The van der Waals surface area contributed by atoms with E-state index in [0.29, 0.717) is 29.4 Å². The van der Waals surface area contributed by atoms with Crippen molar-refractivity contribution in [3.8, 4) is 17.1 Å². The number of nitrogens with one attached hydrogen (secondary N) is 2. The van der Waals surface area contributed by atoms with Crippen LogP contribution in [0, 0.1) is 0 Å². The molecule has 4 rings (SSSR count). The van der Waals surface area contributed by atoms with Crippen molar-refractivity contribution in [2.75, 3.05) is 11.9 Å². The largest absolute Gasteiger partial charge is 0.493 e. The lowest BCUT2D eigenvalue weighted by Crippen LogP contribution is -2.23. The summed E-state index contributed by atoms with van der Waals surface area (Å²) in [5, 5.41) is 5.68. The molecule has 0 saturated heterocycles. The first-order chi connectivity index (χ1) is 18.5. The van der Waals surface area contributed by atoms with E-state index in [0.717, 1.165) is 23.1 Å². The fraction of sp³-hybridized carbons (Fsp3) is 0.200. The lowest BCUT2D eigenvalue weighted by Gasteiger charge is -2.15. The predicted octanol–water partition coefficient (Wildman–Crippen LogP) is 5.86. The highest BCUT2D eigenvalue weighted by molar-refractivity contribution is 7.80. The molecule has 38 heavy (non-hydrogen) atoms. The van der Waals surface area contributed by atoms with Crippen LogP contribution in [0.1, 0.15) is 46.5 Å². The average molecular weight is 527 g/mol. The van der Waals surface area contributed by atoms with E-state index >= 15 is 0 Å². The number of hydrogen-bond acceptors (Lipinski definition) is 6. The van der Waals surface area contributed by atoms with Crippen LogP contribution in [0.3, 0.4) is 0 Å². The fourth-order valence-electron chi connectivity index (χ4n) is 3.83. The van der Waals surface area contributed by atoms with Gasteiger partial charge in [-0.05, 0) is 48.4 Å². The summed E-state index contributed by atoms with van der Waals surface area (Å²) >= 11 is 4.58. The molecule has 0 bridgehead atoms. The molecule has 1 atom stereocenters. The second-order valence-corrected chi connectivity index (χ2v) is 9.31. The Labute approximate surface area is 228 Å². The first-order valence-electron chi connectivity index (χ1n) is 12.5. The van der Waals surface area contributed by atoms with Gasteiger partial charge in [0, 0.05) is 53.0 Å². The monoisotopic (exact) mass is 526 g/mol. The maximum atomic E-state index is 12.8. The molecular formula is C30H30N4O3S. The average Bonchev–Trinajstić information content (AvgIpc) is 2.96. The molecule has 1 aromatic heterocycles. The van der Waals surface area contributed by atoms with Gasteiger partial charge < -0.3 is 15.4 Å². The molecule has 7 nitrogen and oxygen atoms in total. The summed E-state index contributed by atoms with van der Waals surface area (Å²) in [7, 11) is 0. The van der Waals surface area contributed by atoms with Crippen LogP contribution in [-0.2, 0) is 11.3 Å². The van der Waals surface area contributed by atoms with Gasteiger partial charge in [-0.1, -0.05) is 49.4 Å². The van der Waals surface area contributed by atoms with Crippen molar-refractivity contribution in [2.24, 2.45) is 0 Å². The zero-order valence-electron chi connectivity index (χ0n) is 21.1. The highest BCUT2D eigenvalue weighted by Gasteiger charge is 2.14. The number of thiol groups is 1. The van der Waals surface area contributed by atoms with Gasteiger partial charge in [0.15, 0.2) is 5.82 Å². The molecular weight excluding hydrogens is 496 g/mol. The highest BCUT2D eigenvalue weighted by atomic mass is 32.1. The Balaban J connectivity index is 1.41. The topological polar surface area (TPSA) is 93.2 Å². The maximum Gasteiger partial charge on any atom is 0.251 e. The molecule has 0 radical (unpaired) electrons. The van der Waals surface area contributed by atoms with Crippen LogP contribution in [0.25, 0.3) is 11.4 Å². The number of rotatable bonds is 11. The minimum atomic E-state index is -0.220. The van der Waals surface area contributed by atoms with Crippen molar-refractivity contribution in [1.82, 2.24) is 15.3 Å². The summed E-state index contributed by atoms with van der Waals surface area (Å²) in [5.41, 5.74) is 3.73.